The number of aromatic nitrogens is 2. The Morgan fingerprint density at radius 3 is 2.16 bits per heavy atom. The minimum Gasteiger partial charge on any atom is 0 e. The van der Waals surface area contributed by atoms with Gasteiger partial charge < -0.3 is 9.40 Å². The molecule has 0 aliphatic carbocycles. The maximum absolute atomic E-state index is 8.49. The molecule has 0 aliphatic heterocycles. The molecule has 3 aromatic heterocycles. The Balaban J connectivity index is 0.000000203. The zero-order valence-electron chi connectivity index (χ0n) is 33.1. The first-order valence-corrected chi connectivity index (χ1v) is 23.7. The van der Waals surface area contributed by atoms with Gasteiger partial charge in [-0.1, -0.05) is 73.8 Å². The molecule has 49 heavy (non-hydrogen) atoms. The molecule has 0 N–H and O–H groups in total. The molecule has 1 radical (unpaired) electrons. The largest absolute Gasteiger partial charge is 0 e. The molecule has 7 rings (SSSR count). The molecule has 0 amide bonds. The monoisotopic (exact) mass is 887 g/mol. The number of benzene rings is 4. The van der Waals surface area contributed by atoms with Crippen molar-refractivity contribution in [1.29, 1.82) is 0 Å². The molecule has 7 aromatic rings. The van der Waals surface area contributed by atoms with Crippen molar-refractivity contribution in [3.63, 3.8) is 0 Å². The van der Waals surface area contributed by atoms with Gasteiger partial charge in [0, 0.05) is 37.1 Å². The first kappa shape index (κ1) is 31.2. The van der Waals surface area contributed by atoms with E-state index in [-0.39, 0.29) is 31.1 Å². The summed E-state index contributed by atoms with van der Waals surface area (Å²) in [4.78, 5) is 9.20. The SMILES string of the molecule is CC(C)(c1ccccc1)c1ccnc(-c2[c-]cc3oc4ccccc4c3c2)c1.[2H]C([2H])([2H])c1c[c-]c(-c2cc(C([2H])(C)C)[c]([Ge]([CH3])([CH3])[CH3])cn2)cc1.[Ir]. The molecule has 251 valence electrons. The molecule has 5 heteroatoms. The van der Waals surface area contributed by atoms with E-state index in [0.29, 0.717) is 0 Å². The third-order valence-electron chi connectivity index (χ3n) is 8.90. The molecule has 4 aromatic carbocycles. The van der Waals surface area contributed by atoms with Crippen LogP contribution in [0.15, 0.2) is 120 Å². The van der Waals surface area contributed by atoms with Gasteiger partial charge in [-0.15, -0.1) is 23.8 Å². The zero-order chi connectivity index (χ0) is 37.5. The molecule has 0 aliphatic rings. The quantitative estimate of drug-likeness (QED) is 0.123. The first-order valence-electron chi connectivity index (χ1n) is 18.3. The number of furan rings is 1. The van der Waals surface area contributed by atoms with Gasteiger partial charge in [0.2, 0.25) is 0 Å². The molecule has 0 saturated heterocycles. The first-order chi connectivity index (χ1) is 24.4. The smallest absolute Gasteiger partial charge is 0 e. The van der Waals surface area contributed by atoms with Crippen LogP contribution >= 0.6 is 0 Å². The van der Waals surface area contributed by atoms with Crippen LogP contribution in [0, 0.1) is 19.0 Å². The molecule has 0 bridgehead atoms. The number of hydrogen-bond acceptors (Lipinski definition) is 3. The fourth-order valence-corrected chi connectivity index (χ4v) is 9.32. The van der Waals surface area contributed by atoms with Crippen LogP contribution in [0.2, 0.25) is 17.3 Å². The van der Waals surface area contributed by atoms with Crippen molar-refractivity contribution in [3.8, 4) is 22.5 Å². The Morgan fingerprint density at radius 1 is 0.755 bits per heavy atom. The number of hydrogen-bond donors (Lipinski definition) is 0. The molecule has 0 unspecified atom stereocenters. The molecule has 0 atom stereocenters. The van der Waals surface area contributed by atoms with Gasteiger partial charge >= 0.3 is 131 Å². The van der Waals surface area contributed by atoms with Crippen LogP contribution in [0.25, 0.3) is 44.5 Å². The standard InChI is InChI=1S/C26H20NO.C18H24GeN.Ir/c1-26(2,19-8-4-3-5-9-19)20-14-15-27-23(17-20)18-12-13-25-22(16-18)21-10-6-7-11-24(21)28-25;1-13(2)16-11-18(15-9-7-14(3)8-10-15)20-12-17(16)19(4,5)6;/h3-11,13-17H,1-2H3;7-9,11-13H,1-6H3;/q2*-1;/i;3D3,13D;. The maximum atomic E-state index is 8.49. The van der Waals surface area contributed by atoms with Crippen molar-refractivity contribution < 1.29 is 30.0 Å². The van der Waals surface area contributed by atoms with Gasteiger partial charge in [0.15, 0.2) is 0 Å². The van der Waals surface area contributed by atoms with E-state index in [1.165, 1.54) is 21.6 Å². The number of pyridine rings is 2. The normalized spacial score (nSPS) is 13.4. The van der Waals surface area contributed by atoms with E-state index in [4.69, 9.17) is 9.90 Å². The third-order valence-corrected chi connectivity index (χ3v) is 13.1. The predicted molar refractivity (Wildman–Crippen MR) is 205 cm³/mol. The summed E-state index contributed by atoms with van der Waals surface area (Å²) in [6.07, 6.45) is 3.80. The van der Waals surface area contributed by atoms with Crippen molar-refractivity contribution in [1.82, 2.24) is 9.97 Å². The Kier molecular flexibility index (Phi) is 9.52. The molecule has 0 spiro atoms. The summed E-state index contributed by atoms with van der Waals surface area (Å²) < 4.78 is 38.0. The molecular weight excluding hydrogens is 837 g/mol. The second-order valence-electron chi connectivity index (χ2n) is 14.0. The summed E-state index contributed by atoms with van der Waals surface area (Å²) >= 11 is -2.14. The van der Waals surface area contributed by atoms with Gasteiger partial charge in [-0.2, -0.15) is 0 Å². The van der Waals surface area contributed by atoms with E-state index < -0.39 is 26.0 Å². The molecule has 0 saturated carbocycles. The van der Waals surface area contributed by atoms with Crippen LogP contribution in [-0.4, -0.2) is 23.2 Å². The third kappa shape index (κ3) is 7.99. The van der Waals surface area contributed by atoms with Crippen molar-refractivity contribution in [3.05, 3.63) is 150 Å². The number of para-hydroxylation sites is 1. The Labute approximate surface area is 313 Å². The fourth-order valence-electron chi connectivity index (χ4n) is 6.00. The fraction of sp³-hybridized carbons (Fsp3) is 0.227. The van der Waals surface area contributed by atoms with E-state index in [1.54, 1.807) is 12.1 Å². The van der Waals surface area contributed by atoms with Crippen molar-refractivity contribution >= 4 is 39.6 Å². The number of aryl methyl sites for hydroxylation is 1. The predicted octanol–water partition coefficient (Wildman–Crippen LogP) is 11.3. The van der Waals surface area contributed by atoms with E-state index in [9.17, 15) is 0 Å². The van der Waals surface area contributed by atoms with Gasteiger partial charge in [0.1, 0.15) is 5.58 Å². The molecule has 3 nitrogen and oxygen atoms in total. The summed E-state index contributed by atoms with van der Waals surface area (Å²) in [5.41, 5.74) is 8.83. The zero-order valence-corrected chi connectivity index (χ0v) is 33.6. The number of nitrogens with zero attached hydrogens (tertiary/aromatic N) is 2. The van der Waals surface area contributed by atoms with Gasteiger partial charge in [-0.05, 0) is 29.0 Å². The van der Waals surface area contributed by atoms with Crippen LogP contribution < -0.4 is 4.40 Å². The van der Waals surface area contributed by atoms with E-state index in [1.807, 2.05) is 56.6 Å². The second-order valence-corrected chi connectivity index (χ2v) is 24.6. The van der Waals surface area contributed by atoms with Crippen molar-refractivity contribution in [2.75, 3.05) is 0 Å². The average Bonchev–Trinajstić information content (AvgIpc) is 3.49. The van der Waals surface area contributed by atoms with Crippen LogP contribution in [0.3, 0.4) is 0 Å². The Morgan fingerprint density at radius 2 is 1.47 bits per heavy atom. The van der Waals surface area contributed by atoms with Crippen LogP contribution in [0.4, 0.5) is 0 Å². The van der Waals surface area contributed by atoms with Crippen molar-refractivity contribution in [2.24, 2.45) is 0 Å². The molecule has 3 heterocycles. The minimum absolute atomic E-state index is 0. The summed E-state index contributed by atoms with van der Waals surface area (Å²) in [6, 6.07) is 40.2. The number of fused-ring (bicyclic) bond motifs is 3. The summed E-state index contributed by atoms with van der Waals surface area (Å²) in [7, 11) is 0. The van der Waals surface area contributed by atoms with E-state index >= 15 is 0 Å². The van der Waals surface area contributed by atoms with Gasteiger partial charge in [0.05, 0.1) is 5.58 Å². The summed E-state index contributed by atoms with van der Waals surface area (Å²) in [6.45, 7) is 6.16. The Bertz CT molecular complexity index is 2340. The van der Waals surface area contributed by atoms with Crippen LogP contribution in [0.1, 0.15) is 61.3 Å². The maximum Gasteiger partial charge on any atom is 0 e. The van der Waals surface area contributed by atoms with Gasteiger partial charge in [0.25, 0.3) is 0 Å². The van der Waals surface area contributed by atoms with Crippen molar-refractivity contribution in [2.45, 2.75) is 63.1 Å². The average molecular weight is 886 g/mol. The van der Waals surface area contributed by atoms with Gasteiger partial charge in [-0.25, -0.2) is 0 Å². The van der Waals surface area contributed by atoms with E-state index in [0.717, 1.165) is 50.0 Å². The Hall–Kier alpha value is -3.83. The van der Waals surface area contributed by atoms with Crippen LogP contribution in [0.5, 0.6) is 0 Å². The summed E-state index contributed by atoms with van der Waals surface area (Å²) in [5, 5.41) is 2.22. The molecule has 0 fully saturated rings. The summed E-state index contributed by atoms with van der Waals surface area (Å²) in [5.74, 6) is 6.18. The minimum atomic E-state index is -2.14. The second kappa shape index (κ2) is 15.0. The van der Waals surface area contributed by atoms with Gasteiger partial charge in [-0.3, -0.25) is 0 Å². The van der Waals surface area contributed by atoms with E-state index in [2.05, 4.69) is 108 Å². The topological polar surface area (TPSA) is 38.9 Å². The number of rotatable bonds is 6. The van der Waals surface area contributed by atoms with Crippen LogP contribution in [-0.2, 0) is 25.5 Å². The molecular formula is C44H44GeIrN2O-2.